The van der Waals surface area contributed by atoms with Gasteiger partial charge in [0.1, 0.15) is 11.5 Å². The van der Waals surface area contributed by atoms with Crippen LogP contribution in [0.2, 0.25) is 0 Å². The Morgan fingerprint density at radius 2 is 1.93 bits per heavy atom. The first-order valence-corrected chi connectivity index (χ1v) is 10.6. The summed E-state index contributed by atoms with van der Waals surface area (Å²) in [6.07, 6.45) is 1.31. The summed E-state index contributed by atoms with van der Waals surface area (Å²) in [5, 5.41) is 0. The van der Waals surface area contributed by atoms with Crippen molar-refractivity contribution < 1.29 is 22.7 Å². The molecule has 2 aromatic carbocycles. The van der Waals surface area contributed by atoms with E-state index < -0.39 is 10.0 Å². The number of hydrogen-bond acceptors (Lipinski definition) is 5. The van der Waals surface area contributed by atoms with E-state index in [4.69, 9.17) is 9.47 Å². The zero-order valence-electron chi connectivity index (χ0n) is 16.2. The molecule has 0 aliphatic carbocycles. The molecule has 8 heteroatoms. The number of nitrogens with one attached hydrogen (secondary N) is 1. The van der Waals surface area contributed by atoms with Crippen LogP contribution in [-0.2, 0) is 14.8 Å². The van der Waals surface area contributed by atoms with Crippen LogP contribution < -0.4 is 19.1 Å². The lowest BCUT2D eigenvalue weighted by molar-refractivity contribution is -0.117. The standard InChI is InChI=1S/C20H24N2O5S/c1-4-27-18-10-8-16(12-14(18)2)28(24,25)21-15-7-9-17(19(13-15)26-3)22-11-5-6-20(22)23/h7-10,12-13,21H,4-6,11H2,1-3H3. The van der Waals surface area contributed by atoms with Gasteiger partial charge in [-0.05, 0) is 56.2 Å². The topological polar surface area (TPSA) is 84.9 Å². The number of rotatable bonds is 7. The molecule has 7 nitrogen and oxygen atoms in total. The Morgan fingerprint density at radius 1 is 1.14 bits per heavy atom. The number of aryl methyl sites for hydroxylation is 1. The van der Waals surface area contributed by atoms with Gasteiger partial charge in [0.2, 0.25) is 5.91 Å². The van der Waals surface area contributed by atoms with Crippen LogP contribution in [0.1, 0.15) is 25.3 Å². The molecule has 2 aromatic rings. The minimum absolute atomic E-state index is 0.0384. The normalized spacial score (nSPS) is 14.2. The molecular formula is C20H24N2O5S. The van der Waals surface area contributed by atoms with Crippen molar-refractivity contribution in [3.8, 4) is 11.5 Å². The highest BCUT2D eigenvalue weighted by molar-refractivity contribution is 7.92. The van der Waals surface area contributed by atoms with Gasteiger partial charge in [-0.25, -0.2) is 8.42 Å². The molecule has 0 radical (unpaired) electrons. The van der Waals surface area contributed by atoms with Crippen LogP contribution >= 0.6 is 0 Å². The smallest absolute Gasteiger partial charge is 0.261 e. The number of anilines is 2. The van der Waals surface area contributed by atoms with Crippen molar-refractivity contribution >= 4 is 27.3 Å². The Balaban J connectivity index is 1.86. The Kier molecular flexibility index (Phi) is 5.79. The van der Waals surface area contributed by atoms with Gasteiger partial charge in [-0.1, -0.05) is 0 Å². The van der Waals surface area contributed by atoms with E-state index in [0.29, 0.717) is 42.4 Å². The van der Waals surface area contributed by atoms with Gasteiger partial charge in [-0.15, -0.1) is 0 Å². The lowest BCUT2D eigenvalue weighted by atomic mass is 10.2. The number of nitrogens with zero attached hydrogens (tertiary/aromatic N) is 1. The third kappa shape index (κ3) is 4.06. The molecule has 0 atom stereocenters. The van der Waals surface area contributed by atoms with Gasteiger partial charge in [0.05, 0.1) is 30.0 Å². The Labute approximate surface area is 165 Å². The quantitative estimate of drug-likeness (QED) is 0.765. The second-order valence-electron chi connectivity index (χ2n) is 6.50. The second-order valence-corrected chi connectivity index (χ2v) is 8.18. The summed E-state index contributed by atoms with van der Waals surface area (Å²) >= 11 is 0. The molecule has 0 spiro atoms. The molecule has 3 rings (SSSR count). The molecule has 1 aliphatic heterocycles. The number of hydrogen-bond donors (Lipinski definition) is 1. The highest BCUT2D eigenvalue weighted by Crippen LogP contribution is 2.34. The van der Waals surface area contributed by atoms with Crippen molar-refractivity contribution in [1.29, 1.82) is 0 Å². The van der Waals surface area contributed by atoms with E-state index in [9.17, 15) is 13.2 Å². The average Bonchev–Trinajstić information content (AvgIpc) is 3.08. The van der Waals surface area contributed by atoms with Crippen molar-refractivity contribution in [2.75, 3.05) is 29.9 Å². The minimum atomic E-state index is -3.78. The molecule has 1 heterocycles. The number of amides is 1. The van der Waals surface area contributed by atoms with Crippen LogP contribution in [0.25, 0.3) is 0 Å². The van der Waals surface area contributed by atoms with Crippen LogP contribution in [0, 0.1) is 6.92 Å². The van der Waals surface area contributed by atoms with Crippen LogP contribution in [0.5, 0.6) is 11.5 Å². The molecule has 150 valence electrons. The number of carbonyl (C=O) groups excluding carboxylic acids is 1. The van der Waals surface area contributed by atoms with Crippen molar-refractivity contribution in [3.05, 3.63) is 42.0 Å². The summed E-state index contributed by atoms with van der Waals surface area (Å²) in [4.78, 5) is 13.8. The first-order valence-electron chi connectivity index (χ1n) is 9.10. The second kappa shape index (κ2) is 8.10. The van der Waals surface area contributed by atoms with Crippen molar-refractivity contribution in [1.82, 2.24) is 0 Å². The molecule has 0 bridgehead atoms. The fourth-order valence-corrected chi connectivity index (χ4v) is 4.32. The molecule has 0 unspecified atom stereocenters. The minimum Gasteiger partial charge on any atom is -0.494 e. The highest BCUT2D eigenvalue weighted by Gasteiger charge is 2.25. The average molecular weight is 404 g/mol. The van der Waals surface area contributed by atoms with Gasteiger partial charge in [0.25, 0.3) is 10.0 Å². The van der Waals surface area contributed by atoms with Crippen LogP contribution in [0.15, 0.2) is 41.3 Å². The fraction of sp³-hybridized carbons (Fsp3) is 0.350. The van der Waals surface area contributed by atoms with Crippen LogP contribution in [0.4, 0.5) is 11.4 Å². The fourth-order valence-electron chi connectivity index (χ4n) is 3.19. The van der Waals surface area contributed by atoms with Gasteiger partial charge in [-0.3, -0.25) is 9.52 Å². The van der Waals surface area contributed by atoms with Crippen LogP contribution in [0.3, 0.4) is 0 Å². The number of methoxy groups -OCH3 is 1. The molecule has 0 aromatic heterocycles. The molecule has 1 amide bonds. The monoisotopic (exact) mass is 404 g/mol. The summed E-state index contributed by atoms with van der Waals surface area (Å²) in [6, 6.07) is 9.64. The van der Waals surface area contributed by atoms with E-state index >= 15 is 0 Å². The highest BCUT2D eigenvalue weighted by atomic mass is 32.2. The van der Waals surface area contributed by atoms with E-state index in [1.165, 1.54) is 13.2 Å². The predicted molar refractivity (Wildman–Crippen MR) is 108 cm³/mol. The molecule has 1 N–H and O–H groups in total. The zero-order valence-corrected chi connectivity index (χ0v) is 17.0. The lowest BCUT2D eigenvalue weighted by Gasteiger charge is -2.20. The maximum Gasteiger partial charge on any atom is 0.261 e. The summed E-state index contributed by atoms with van der Waals surface area (Å²) in [7, 11) is -2.28. The van der Waals surface area contributed by atoms with E-state index in [1.54, 1.807) is 42.2 Å². The SMILES string of the molecule is CCOc1ccc(S(=O)(=O)Nc2ccc(N3CCCC3=O)c(OC)c2)cc1C. The molecule has 0 saturated carbocycles. The third-order valence-corrected chi connectivity index (χ3v) is 5.93. The number of benzene rings is 2. The van der Waals surface area contributed by atoms with Gasteiger partial charge >= 0.3 is 0 Å². The van der Waals surface area contributed by atoms with E-state index in [2.05, 4.69) is 4.72 Å². The number of sulfonamides is 1. The maximum absolute atomic E-state index is 12.8. The zero-order chi connectivity index (χ0) is 20.3. The van der Waals surface area contributed by atoms with Crippen LogP contribution in [-0.4, -0.2) is 34.6 Å². The number of carbonyl (C=O) groups is 1. The maximum atomic E-state index is 12.8. The largest absolute Gasteiger partial charge is 0.494 e. The molecule has 1 saturated heterocycles. The summed E-state index contributed by atoms with van der Waals surface area (Å²) in [5.41, 5.74) is 1.74. The van der Waals surface area contributed by atoms with Crippen molar-refractivity contribution in [3.63, 3.8) is 0 Å². The van der Waals surface area contributed by atoms with E-state index in [0.717, 1.165) is 12.0 Å². The molecule has 1 aliphatic rings. The first kappa shape index (κ1) is 20.0. The molecular weight excluding hydrogens is 380 g/mol. The Bertz CT molecular complexity index is 988. The Morgan fingerprint density at radius 3 is 2.54 bits per heavy atom. The van der Waals surface area contributed by atoms with Gasteiger partial charge in [-0.2, -0.15) is 0 Å². The van der Waals surface area contributed by atoms with Gasteiger partial charge < -0.3 is 14.4 Å². The Hall–Kier alpha value is -2.74. The molecule has 1 fully saturated rings. The predicted octanol–water partition coefficient (Wildman–Crippen LogP) is 3.33. The van der Waals surface area contributed by atoms with Crippen molar-refractivity contribution in [2.45, 2.75) is 31.6 Å². The van der Waals surface area contributed by atoms with Gasteiger partial charge in [0.15, 0.2) is 0 Å². The third-order valence-electron chi connectivity index (χ3n) is 4.55. The number of ether oxygens (including phenoxy) is 2. The summed E-state index contributed by atoms with van der Waals surface area (Å²) < 4.78 is 38.9. The summed E-state index contributed by atoms with van der Waals surface area (Å²) in [5.74, 6) is 1.14. The molecule has 28 heavy (non-hydrogen) atoms. The lowest BCUT2D eigenvalue weighted by Crippen LogP contribution is -2.24. The van der Waals surface area contributed by atoms with Crippen molar-refractivity contribution in [2.24, 2.45) is 0 Å². The van der Waals surface area contributed by atoms with E-state index in [1.807, 2.05) is 6.92 Å². The van der Waals surface area contributed by atoms with Gasteiger partial charge in [0, 0.05) is 19.0 Å². The summed E-state index contributed by atoms with van der Waals surface area (Å²) in [6.45, 7) is 4.82. The van der Waals surface area contributed by atoms with E-state index in [-0.39, 0.29) is 10.8 Å². The first-order chi connectivity index (χ1) is 13.4.